The maximum absolute atomic E-state index is 13.9. The fraction of sp³-hybridized carbons (Fsp3) is 0.217. The molecule has 3 aromatic rings. The van der Waals surface area contributed by atoms with E-state index in [9.17, 15) is 9.59 Å². The topological polar surface area (TPSA) is 75.6 Å². The molecule has 7 nitrogen and oxygen atoms in total. The van der Waals surface area contributed by atoms with Gasteiger partial charge in [-0.05, 0) is 19.1 Å². The van der Waals surface area contributed by atoms with E-state index >= 15 is 0 Å². The molecule has 0 saturated heterocycles. The zero-order valence-electron chi connectivity index (χ0n) is 17.4. The van der Waals surface area contributed by atoms with Gasteiger partial charge in [-0.2, -0.15) is 0 Å². The molecule has 2 aliphatic heterocycles. The second kappa shape index (κ2) is 8.16. The van der Waals surface area contributed by atoms with Crippen LogP contribution in [0, 0.1) is 6.92 Å². The third-order valence-corrected chi connectivity index (χ3v) is 7.42. The van der Waals surface area contributed by atoms with Crippen molar-refractivity contribution < 1.29 is 14.3 Å². The maximum Gasteiger partial charge on any atom is 0.286 e. The van der Waals surface area contributed by atoms with Crippen molar-refractivity contribution in [2.24, 2.45) is 0 Å². The van der Waals surface area contributed by atoms with Crippen LogP contribution in [0.25, 0.3) is 0 Å². The van der Waals surface area contributed by atoms with Crippen molar-refractivity contribution in [3.8, 4) is 0 Å². The summed E-state index contributed by atoms with van der Waals surface area (Å²) in [5, 5.41) is 8.95. The summed E-state index contributed by atoms with van der Waals surface area (Å²) in [7, 11) is 0. The quantitative estimate of drug-likeness (QED) is 0.421. The molecule has 0 radical (unpaired) electrons. The van der Waals surface area contributed by atoms with E-state index in [2.05, 4.69) is 16.8 Å². The number of thioether (sulfide) groups is 1. The Kier molecular flexibility index (Phi) is 5.32. The molecule has 32 heavy (non-hydrogen) atoms. The summed E-state index contributed by atoms with van der Waals surface area (Å²) >= 11 is 2.74. The van der Waals surface area contributed by atoms with Crippen molar-refractivity contribution in [1.82, 2.24) is 10.2 Å². The fourth-order valence-electron chi connectivity index (χ4n) is 4.17. The molecule has 0 bridgehead atoms. The van der Waals surface area contributed by atoms with E-state index in [1.54, 1.807) is 11.0 Å². The monoisotopic (exact) mass is 464 g/mol. The van der Waals surface area contributed by atoms with Crippen LogP contribution in [0.4, 0.5) is 11.4 Å². The molecule has 2 amide bonds. The average Bonchev–Trinajstić information content (AvgIpc) is 3.33. The lowest BCUT2D eigenvalue weighted by Gasteiger charge is -2.43. The summed E-state index contributed by atoms with van der Waals surface area (Å²) in [6.45, 7) is 6.21. The van der Waals surface area contributed by atoms with E-state index in [1.165, 1.54) is 28.0 Å². The highest BCUT2D eigenvalue weighted by Crippen LogP contribution is 2.50. The summed E-state index contributed by atoms with van der Waals surface area (Å²) < 4.78 is 7.01. The summed E-state index contributed by atoms with van der Waals surface area (Å²) in [6, 6.07) is 15.0. The van der Waals surface area contributed by atoms with Crippen LogP contribution in [0.5, 0.6) is 0 Å². The number of carbonyl (C=O) groups is 2. The number of anilines is 2. The van der Waals surface area contributed by atoms with Crippen molar-refractivity contribution in [2.75, 3.05) is 22.1 Å². The number of nitrogens with zero attached hydrogens (tertiary/aromatic N) is 4. The second-order valence-electron chi connectivity index (χ2n) is 7.39. The van der Waals surface area contributed by atoms with Crippen molar-refractivity contribution in [2.45, 2.75) is 23.6 Å². The van der Waals surface area contributed by atoms with Crippen molar-refractivity contribution in [1.29, 1.82) is 0 Å². The molecule has 0 aliphatic carbocycles. The van der Waals surface area contributed by atoms with E-state index in [1.807, 2.05) is 55.5 Å². The molecule has 1 spiro atoms. The Balaban J connectivity index is 1.61. The van der Waals surface area contributed by atoms with Gasteiger partial charge >= 0.3 is 0 Å². The van der Waals surface area contributed by atoms with Crippen molar-refractivity contribution in [3.63, 3.8) is 0 Å². The number of para-hydroxylation sites is 2. The molecule has 0 N–H and O–H groups in total. The van der Waals surface area contributed by atoms with Crippen LogP contribution in [0.2, 0.25) is 0 Å². The molecule has 1 atom stereocenters. The molecule has 162 valence electrons. The summed E-state index contributed by atoms with van der Waals surface area (Å²) in [5.74, 6) is -0.429. The average molecular weight is 465 g/mol. The van der Waals surface area contributed by atoms with E-state index < -0.39 is 5.72 Å². The van der Waals surface area contributed by atoms with Gasteiger partial charge in [-0.3, -0.25) is 14.5 Å². The third kappa shape index (κ3) is 3.16. The van der Waals surface area contributed by atoms with E-state index in [-0.39, 0.29) is 24.2 Å². The number of amides is 2. The minimum Gasteiger partial charge on any atom is -0.338 e. The minimum atomic E-state index is -1.55. The van der Waals surface area contributed by atoms with Crippen LogP contribution < -0.4 is 9.80 Å². The summed E-state index contributed by atoms with van der Waals surface area (Å²) in [4.78, 5) is 30.7. The van der Waals surface area contributed by atoms with Gasteiger partial charge in [-0.1, -0.05) is 65.6 Å². The van der Waals surface area contributed by atoms with Gasteiger partial charge in [0.05, 0.1) is 23.7 Å². The number of fused-ring (bicyclic) bond motifs is 3. The first kappa shape index (κ1) is 20.9. The molecule has 9 heteroatoms. The summed E-state index contributed by atoms with van der Waals surface area (Å²) in [6.07, 6.45) is 1.67. The predicted octanol–water partition coefficient (Wildman–Crippen LogP) is 3.89. The number of hydrogen-bond donors (Lipinski definition) is 0. The Morgan fingerprint density at radius 1 is 1.22 bits per heavy atom. The van der Waals surface area contributed by atoms with Crippen LogP contribution in [0.3, 0.4) is 0 Å². The molecule has 1 aromatic heterocycles. The van der Waals surface area contributed by atoms with E-state index in [0.29, 0.717) is 22.1 Å². The number of carbonyl (C=O) groups excluding carboxylic acids is 2. The minimum absolute atomic E-state index is 0.102. The number of ether oxygens (including phenoxy) is 1. The van der Waals surface area contributed by atoms with E-state index in [4.69, 9.17) is 4.74 Å². The lowest BCUT2D eigenvalue weighted by Crippen LogP contribution is -2.60. The number of hydrogen-bond acceptors (Lipinski definition) is 7. The van der Waals surface area contributed by atoms with Crippen LogP contribution in [0.1, 0.15) is 16.1 Å². The molecule has 5 rings (SSSR count). The van der Waals surface area contributed by atoms with Crippen LogP contribution in [-0.4, -0.2) is 34.3 Å². The molecule has 0 saturated carbocycles. The van der Waals surface area contributed by atoms with Crippen LogP contribution in [-0.2, 0) is 26.7 Å². The lowest BCUT2D eigenvalue weighted by molar-refractivity contribution is -0.152. The van der Waals surface area contributed by atoms with Gasteiger partial charge in [-0.25, -0.2) is 0 Å². The first-order valence-electron chi connectivity index (χ1n) is 10.1. The number of aryl methyl sites for hydroxylation is 1. The second-order valence-corrected chi connectivity index (χ2v) is 9.79. The molecular formula is C23H20N4O3S2. The number of benzene rings is 2. The van der Waals surface area contributed by atoms with Crippen LogP contribution >= 0.6 is 23.1 Å². The van der Waals surface area contributed by atoms with Gasteiger partial charge in [0.2, 0.25) is 5.91 Å². The number of rotatable bonds is 5. The van der Waals surface area contributed by atoms with Gasteiger partial charge in [0, 0.05) is 17.7 Å². The Morgan fingerprint density at radius 2 is 1.97 bits per heavy atom. The highest BCUT2D eigenvalue weighted by Gasteiger charge is 2.59. The smallest absolute Gasteiger partial charge is 0.286 e. The molecule has 2 aromatic carbocycles. The Labute approximate surface area is 193 Å². The zero-order chi connectivity index (χ0) is 22.3. The normalized spacial score (nSPS) is 19.2. The van der Waals surface area contributed by atoms with E-state index in [0.717, 1.165) is 16.3 Å². The van der Waals surface area contributed by atoms with Crippen molar-refractivity contribution >= 4 is 46.3 Å². The van der Waals surface area contributed by atoms with Gasteiger partial charge in [0.25, 0.3) is 11.6 Å². The third-order valence-electron chi connectivity index (χ3n) is 5.47. The predicted molar refractivity (Wildman–Crippen MR) is 125 cm³/mol. The van der Waals surface area contributed by atoms with Crippen LogP contribution in [0.15, 0.2) is 65.5 Å². The standard InChI is InChI=1S/C23H20N4O3S2/c1-3-12-26-19-11-7-5-9-17(19)23(21(26)29)27(18-10-6-4-8-16(18)13-30-23)20(28)14-31-22-25-24-15(2)32-22/h3-11H,1,12-14H2,2H3. The largest absolute Gasteiger partial charge is 0.338 e. The lowest BCUT2D eigenvalue weighted by atomic mass is 9.97. The molecule has 1 unspecified atom stereocenters. The first-order valence-corrected chi connectivity index (χ1v) is 11.9. The highest BCUT2D eigenvalue weighted by atomic mass is 32.2. The molecule has 3 heterocycles. The molecular weight excluding hydrogens is 444 g/mol. The molecule has 0 fully saturated rings. The van der Waals surface area contributed by atoms with Gasteiger partial charge in [-0.15, -0.1) is 16.8 Å². The highest BCUT2D eigenvalue weighted by molar-refractivity contribution is 8.01. The zero-order valence-corrected chi connectivity index (χ0v) is 19.0. The Morgan fingerprint density at radius 3 is 2.72 bits per heavy atom. The SMILES string of the molecule is C=CCN1C(=O)C2(OCc3ccccc3N2C(=O)CSc2nnc(C)s2)c2ccccc21. The van der Waals surface area contributed by atoms with Gasteiger partial charge < -0.3 is 9.64 Å². The van der Waals surface area contributed by atoms with Crippen molar-refractivity contribution in [3.05, 3.63) is 77.3 Å². The Hall–Kier alpha value is -3.01. The Bertz CT molecular complexity index is 1230. The fourth-order valence-corrected chi connectivity index (χ4v) is 5.84. The summed E-state index contributed by atoms with van der Waals surface area (Å²) in [5.41, 5.74) is 1.37. The maximum atomic E-state index is 13.9. The first-order chi connectivity index (χ1) is 15.6. The van der Waals surface area contributed by atoms with Gasteiger partial charge in [0.15, 0.2) is 4.34 Å². The number of aromatic nitrogens is 2. The molecule has 2 aliphatic rings. The van der Waals surface area contributed by atoms with Gasteiger partial charge in [0.1, 0.15) is 5.01 Å².